The summed E-state index contributed by atoms with van der Waals surface area (Å²) in [6.45, 7) is 5.93. The molecule has 0 unspecified atom stereocenters. The number of piperazine rings is 1. The van der Waals surface area contributed by atoms with Gasteiger partial charge >= 0.3 is 0 Å². The third-order valence-corrected chi connectivity index (χ3v) is 7.40. The van der Waals surface area contributed by atoms with E-state index in [2.05, 4.69) is 32.1 Å². The molecule has 3 heterocycles. The zero-order valence-corrected chi connectivity index (χ0v) is 23.2. The Morgan fingerprint density at radius 3 is 2.67 bits per heavy atom. The lowest BCUT2D eigenvalue weighted by Gasteiger charge is -2.33. The van der Waals surface area contributed by atoms with Gasteiger partial charge in [-0.1, -0.05) is 11.6 Å². The third kappa shape index (κ3) is 7.20. The summed E-state index contributed by atoms with van der Waals surface area (Å²) in [6, 6.07) is 9.07. The van der Waals surface area contributed by atoms with Gasteiger partial charge in [0.2, 0.25) is 0 Å². The Morgan fingerprint density at radius 2 is 1.90 bits per heavy atom. The lowest BCUT2D eigenvalue weighted by atomic mass is 10.1. The number of halogens is 1. The number of anilines is 2. The molecule has 5 rings (SSSR count). The van der Waals surface area contributed by atoms with E-state index in [1.54, 1.807) is 19.2 Å². The zero-order valence-electron chi connectivity index (χ0n) is 22.4. The predicted octanol–water partition coefficient (Wildman–Crippen LogP) is 3.58. The number of nitrogens with zero attached hydrogens (tertiary/aromatic N) is 4. The van der Waals surface area contributed by atoms with E-state index in [-0.39, 0.29) is 12.7 Å². The summed E-state index contributed by atoms with van der Waals surface area (Å²) in [5, 5.41) is 15.2. The van der Waals surface area contributed by atoms with Crippen molar-refractivity contribution < 1.29 is 24.1 Å². The predicted molar refractivity (Wildman–Crippen MR) is 151 cm³/mol. The molecule has 0 radical (unpaired) electrons. The highest BCUT2D eigenvalue weighted by atomic mass is 35.5. The van der Waals surface area contributed by atoms with Gasteiger partial charge < -0.3 is 34.3 Å². The SMILES string of the molecule is COc1ccc(Cl)c(Nc2ncnc3cc(OC[C@@H](O)CN4CCN(C)CC4)cc(OC4CCOCC4)c23)c1. The molecular formula is C28H36ClN5O5. The highest BCUT2D eigenvalue weighted by Crippen LogP contribution is 2.38. The Kier molecular flexibility index (Phi) is 9.21. The fourth-order valence-electron chi connectivity index (χ4n) is 4.80. The van der Waals surface area contributed by atoms with Gasteiger partial charge in [-0.15, -0.1) is 0 Å². The summed E-state index contributed by atoms with van der Waals surface area (Å²) in [6.07, 6.45) is 2.45. The summed E-state index contributed by atoms with van der Waals surface area (Å²) >= 11 is 6.47. The first kappa shape index (κ1) is 27.7. The minimum Gasteiger partial charge on any atom is -0.497 e. The Balaban J connectivity index is 1.39. The summed E-state index contributed by atoms with van der Waals surface area (Å²) < 4.78 is 23.4. The summed E-state index contributed by atoms with van der Waals surface area (Å²) in [7, 11) is 3.73. The van der Waals surface area contributed by atoms with Crippen LogP contribution < -0.4 is 19.5 Å². The molecule has 2 aromatic carbocycles. The van der Waals surface area contributed by atoms with Gasteiger partial charge in [-0.25, -0.2) is 9.97 Å². The quantitative estimate of drug-likeness (QED) is 0.384. The van der Waals surface area contributed by atoms with Gasteiger partial charge in [0, 0.05) is 63.8 Å². The number of fused-ring (bicyclic) bond motifs is 1. The van der Waals surface area contributed by atoms with Gasteiger partial charge in [-0.2, -0.15) is 0 Å². The van der Waals surface area contributed by atoms with Crippen molar-refractivity contribution >= 4 is 34.0 Å². The molecule has 3 aromatic rings. The minimum atomic E-state index is -0.609. The summed E-state index contributed by atoms with van der Waals surface area (Å²) in [4.78, 5) is 13.6. The van der Waals surface area contributed by atoms with Crippen molar-refractivity contribution in [3.63, 3.8) is 0 Å². The molecule has 2 N–H and O–H groups in total. The molecule has 39 heavy (non-hydrogen) atoms. The second kappa shape index (κ2) is 13.0. The van der Waals surface area contributed by atoms with Gasteiger partial charge in [-0.05, 0) is 19.2 Å². The van der Waals surface area contributed by atoms with E-state index in [0.717, 1.165) is 39.0 Å². The molecule has 0 aliphatic carbocycles. The molecule has 2 aliphatic rings. The molecule has 1 aromatic heterocycles. The molecule has 0 bridgehead atoms. The van der Waals surface area contributed by atoms with Crippen molar-refractivity contribution in [2.24, 2.45) is 0 Å². The molecule has 0 amide bonds. The molecule has 1 atom stereocenters. The van der Waals surface area contributed by atoms with Gasteiger partial charge in [0.1, 0.15) is 48.2 Å². The molecule has 2 fully saturated rings. The van der Waals surface area contributed by atoms with Crippen LogP contribution in [0.4, 0.5) is 11.5 Å². The van der Waals surface area contributed by atoms with Gasteiger partial charge in [0.05, 0.1) is 41.9 Å². The molecule has 2 saturated heterocycles. The van der Waals surface area contributed by atoms with Crippen LogP contribution in [0.1, 0.15) is 12.8 Å². The maximum absolute atomic E-state index is 10.7. The van der Waals surface area contributed by atoms with Crippen molar-refractivity contribution in [3.8, 4) is 17.2 Å². The van der Waals surface area contributed by atoms with E-state index in [4.69, 9.17) is 30.5 Å². The van der Waals surface area contributed by atoms with Crippen LogP contribution in [0, 0.1) is 0 Å². The molecule has 11 heteroatoms. The van der Waals surface area contributed by atoms with Crippen molar-refractivity contribution in [3.05, 3.63) is 41.7 Å². The second-order valence-electron chi connectivity index (χ2n) is 10.0. The van der Waals surface area contributed by atoms with Crippen molar-refractivity contribution in [1.29, 1.82) is 0 Å². The number of benzene rings is 2. The highest BCUT2D eigenvalue weighted by Gasteiger charge is 2.22. The van der Waals surface area contributed by atoms with Crippen molar-refractivity contribution in [2.45, 2.75) is 25.0 Å². The maximum atomic E-state index is 10.7. The number of ether oxygens (including phenoxy) is 4. The largest absolute Gasteiger partial charge is 0.497 e. The number of aliphatic hydroxyl groups excluding tert-OH is 1. The van der Waals surface area contributed by atoms with E-state index in [1.807, 2.05) is 18.2 Å². The smallest absolute Gasteiger partial charge is 0.145 e. The van der Waals surface area contributed by atoms with Crippen LogP contribution in [0.15, 0.2) is 36.7 Å². The highest BCUT2D eigenvalue weighted by molar-refractivity contribution is 6.33. The van der Waals surface area contributed by atoms with Crippen LogP contribution in [0.2, 0.25) is 5.02 Å². The third-order valence-electron chi connectivity index (χ3n) is 7.07. The summed E-state index contributed by atoms with van der Waals surface area (Å²) in [5.41, 5.74) is 1.31. The van der Waals surface area contributed by atoms with E-state index in [9.17, 15) is 5.11 Å². The van der Waals surface area contributed by atoms with Crippen molar-refractivity contribution in [1.82, 2.24) is 19.8 Å². The Hall–Kier alpha value is -2.89. The van der Waals surface area contributed by atoms with Crippen LogP contribution in [-0.4, -0.2) is 104 Å². The number of β-amino-alcohol motifs (C(OH)–C–C–N with tert-alkyl or cyclic N) is 1. The zero-order chi connectivity index (χ0) is 27.2. The molecule has 0 spiro atoms. The Morgan fingerprint density at radius 1 is 1.10 bits per heavy atom. The number of hydrogen-bond acceptors (Lipinski definition) is 10. The fourth-order valence-corrected chi connectivity index (χ4v) is 4.97. The number of methoxy groups -OCH3 is 1. The number of hydrogen-bond donors (Lipinski definition) is 2. The average Bonchev–Trinajstić information content (AvgIpc) is 2.95. The van der Waals surface area contributed by atoms with Crippen LogP contribution in [0.3, 0.4) is 0 Å². The lowest BCUT2D eigenvalue weighted by Crippen LogP contribution is -2.47. The van der Waals surface area contributed by atoms with Crippen molar-refractivity contribution in [2.75, 3.05) is 72.0 Å². The lowest BCUT2D eigenvalue weighted by molar-refractivity contribution is 0.0259. The monoisotopic (exact) mass is 557 g/mol. The number of aliphatic hydroxyl groups is 1. The first-order chi connectivity index (χ1) is 19.0. The molecule has 0 saturated carbocycles. The first-order valence-electron chi connectivity index (χ1n) is 13.3. The topological polar surface area (TPSA) is 101 Å². The van der Waals surface area contributed by atoms with Crippen LogP contribution in [-0.2, 0) is 4.74 Å². The number of likely N-dealkylation sites (N-methyl/N-ethyl adjacent to an activating group) is 1. The van der Waals surface area contributed by atoms with Gasteiger partial charge in [0.25, 0.3) is 0 Å². The number of aromatic nitrogens is 2. The maximum Gasteiger partial charge on any atom is 0.145 e. The number of nitrogens with one attached hydrogen (secondary N) is 1. The van der Waals surface area contributed by atoms with Gasteiger partial charge in [-0.3, -0.25) is 4.90 Å². The molecule has 210 valence electrons. The molecular weight excluding hydrogens is 522 g/mol. The Labute approximate surface area is 233 Å². The standard InChI is InChI=1S/C28H36ClN5O5/c1-33-7-9-34(10-8-33)16-19(35)17-38-22-14-25-27(26(15-22)39-20-5-11-37-12-6-20)28(31-18-30-25)32-24-13-21(36-2)3-4-23(24)29/h3-4,13-15,18-20,35H,5-12,16-17H2,1-2H3,(H,30,31,32)/t19-/m0/s1. The van der Waals surface area contributed by atoms with Crippen LogP contribution in [0.25, 0.3) is 10.9 Å². The Bertz CT molecular complexity index is 1250. The van der Waals surface area contributed by atoms with Crippen LogP contribution >= 0.6 is 11.6 Å². The second-order valence-corrected chi connectivity index (χ2v) is 10.4. The molecule has 2 aliphatic heterocycles. The number of rotatable bonds is 10. The first-order valence-corrected chi connectivity index (χ1v) is 13.7. The van der Waals surface area contributed by atoms with E-state index < -0.39 is 6.10 Å². The molecule has 10 nitrogen and oxygen atoms in total. The normalized spacial score (nSPS) is 18.2. The van der Waals surface area contributed by atoms with E-state index in [0.29, 0.717) is 64.4 Å². The fraction of sp³-hybridized carbons (Fsp3) is 0.500. The average molecular weight is 558 g/mol. The summed E-state index contributed by atoms with van der Waals surface area (Å²) in [5.74, 6) is 2.40. The van der Waals surface area contributed by atoms with E-state index >= 15 is 0 Å². The van der Waals surface area contributed by atoms with Gasteiger partial charge in [0.15, 0.2) is 0 Å². The minimum absolute atomic E-state index is 0.00603. The van der Waals surface area contributed by atoms with E-state index in [1.165, 1.54) is 6.33 Å². The van der Waals surface area contributed by atoms with Crippen LogP contribution in [0.5, 0.6) is 17.2 Å².